The number of aromatic hydroxyl groups is 2. The number of phenols is 2. The van der Waals surface area contributed by atoms with Gasteiger partial charge in [0, 0.05) is 16.7 Å². The van der Waals surface area contributed by atoms with Crippen molar-refractivity contribution in [1.82, 2.24) is 15.4 Å². The van der Waals surface area contributed by atoms with Crippen LogP contribution in [0.25, 0.3) is 11.0 Å². The lowest BCUT2D eigenvalue weighted by Gasteiger charge is -2.37. The smallest absolute Gasteiger partial charge is 0.340 e. The first kappa shape index (κ1) is 15.2. The molecule has 0 saturated heterocycles. The molecular weight excluding hydrogens is 358 g/mol. The van der Waals surface area contributed by atoms with Crippen molar-refractivity contribution in [2.45, 2.75) is 12.0 Å². The Labute approximate surface area is 158 Å². The second-order valence-electron chi connectivity index (χ2n) is 7.14. The molecule has 0 amide bonds. The van der Waals surface area contributed by atoms with Crippen LogP contribution >= 0.6 is 0 Å². The summed E-state index contributed by atoms with van der Waals surface area (Å²) in [5.74, 6) is -0.178. The van der Waals surface area contributed by atoms with Gasteiger partial charge in [-0.3, -0.25) is 0 Å². The maximum atomic E-state index is 12.9. The molecule has 0 unspecified atom stereocenters. The van der Waals surface area contributed by atoms with E-state index >= 15 is 0 Å². The molecule has 2 heterocycles. The van der Waals surface area contributed by atoms with E-state index in [1.54, 1.807) is 42.5 Å². The average molecular weight is 371 g/mol. The Morgan fingerprint density at radius 3 is 2.11 bits per heavy atom. The zero-order valence-corrected chi connectivity index (χ0v) is 14.4. The van der Waals surface area contributed by atoms with Crippen LogP contribution in [0.15, 0.2) is 48.5 Å². The average Bonchev–Trinajstić information content (AvgIpc) is 3.23. The Bertz CT molecular complexity index is 1270. The minimum absolute atomic E-state index is 0.133. The molecule has 7 nitrogen and oxygen atoms in total. The number of carbonyl (C=O) groups excluding carboxylic acids is 1. The Kier molecular flexibility index (Phi) is 2.66. The lowest BCUT2D eigenvalue weighted by Crippen LogP contribution is -2.34. The van der Waals surface area contributed by atoms with E-state index in [-0.39, 0.29) is 11.5 Å². The number of hydrogen-bond donors (Lipinski definition) is 3. The number of rotatable bonds is 0. The van der Waals surface area contributed by atoms with E-state index in [0.717, 1.165) is 22.3 Å². The van der Waals surface area contributed by atoms with Crippen LogP contribution in [0.3, 0.4) is 0 Å². The van der Waals surface area contributed by atoms with E-state index in [0.29, 0.717) is 28.6 Å². The SMILES string of the molecule is O=C1OC2(c3ccc(O)cc3Cc3cc(O)ccc32)c2cc3n[nH]nc3cc21. The molecule has 7 heteroatoms. The Morgan fingerprint density at radius 2 is 1.46 bits per heavy atom. The minimum Gasteiger partial charge on any atom is -0.508 e. The number of hydrogen-bond acceptors (Lipinski definition) is 6. The molecule has 1 aliphatic heterocycles. The van der Waals surface area contributed by atoms with Crippen molar-refractivity contribution >= 4 is 17.0 Å². The van der Waals surface area contributed by atoms with E-state index < -0.39 is 11.6 Å². The fourth-order valence-corrected chi connectivity index (χ4v) is 4.49. The van der Waals surface area contributed by atoms with Crippen molar-refractivity contribution in [2.24, 2.45) is 0 Å². The molecule has 1 aliphatic carbocycles. The van der Waals surface area contributed by atoms with Crippen molar-refractivity contribution in [2.75, 3.05) is 0 Å². The first-order valence-corrected chi connectivity index (χ1v) is 8.79. The number of nitrogens with one attached hydrogen (secondary N) is 1. The molecule has 6 rings (SSSR count). The van der Waals surface area contributed by atoms with Crippen LogP contribution < -0.4 is 0 Å². The third-order valence-electron chi connectivity index (χ3n) is 5.62. The summed E-state index contributed by atoms with van der Waals surface area (Å²) in [5, 5.41) is 30.8. The van der Waals surface area contributed by atoms with Crippen molar-refractivity contribution in [3.8, 4) is 11.5 Å². The fourth-order valence-electron chi connectivity index (χ4n) is 4.49. The van der Waals surface area contributed by atoms with Gasteiger partial charge in [0.25, 0.3) is 0 Å². The van der Waals surface area contributed by atoms with Crippen LogP contribution in [0.2, 0.25) is 0 Å². The molecule has 2 aliphatic rings. The van der Waals surface area contributed by atoms with Gasteiger partial charge in [-0.05, 0) is 53.9 Å². The lowest BCUT2D eigenvalue weighted by atomic mass is 9.71. The highest BCUT2D eigenvalue weighted by molar-refractivity contribution is 6.00. The fraction of sp³-hybridized carbons (Fsp3) is 0.0952. The number of carbonyl (C=O) groups is 1. The van der Waals surface area contributed by atoms with E-state index in [1.807, 2.05) is 6.07 Å². The van der Waals surface area contributed by atoms with E-state index in [4.69, 9.17) is 4.74 Å². The zero-order valence-electron chi connectivity index (χ0n) is 14.4. The van der Waals surface area contributed by atoms with Crippen molar-refractivity contribution in [1.29, 1.82) is 0 Å². The van der Waals surface area contributed by atoms with Crippen LogP contribution in [-0.2, 0) is 16.8 Å². The summed E-state index contributed by atoms with van der Waals surface area (Å²) in [6, 6.07) is 13.6. The van der Waals surface area contributed by atoms with E-state index in [9.17, 15) is 15.0 Å². The standard InChI is InChI=1S/C21H13N3O4/c25-12-1-3-15-10(6-12)5-11-7-13(26)2-4-16(11)21(15)17-9-19-18(22-24-23-19)8-14(17)20(27)28-21/h1-4,6-9,25-26H,5H2,(H,22,23,24). The molecule has 3 aromatic carbocycles. The second kappa shape index (κ2) is 4.89. The van der Waals surface area contributed by atoms with Crippen LogP contribution in [0, 0.1) is 0 Å². The Morgan fingerprint density at radius 1 is 0.857 bits per heavy atom. The number of H-pyrrole nitrogens is 1. The highest BCUT2D eigenvalue weighted by Gasteiger charge is 2.52. The van der Waals surface area contributed by atoms with Gasteiger partial charge in [0.15, 0.2) is 5.60 Å². The lowest BCUT2D eigenvalue weighted by molar-refractivity contribution is 0.0241. The van der Waals surface area contributed by atoms with Gasteiger partial charge >= 0.3 is 5.97 Å². The summed E-state index contributed by atoms with van der Waals surface area (Å²) < 4.78 is 6.07. The van der Waals surface area contributed by atoms with Gasteiger partial charge in [0.1, 0.15) is 22.5 Å². The summed E-state index contributed by atoms with van der Waals surface area (Å²) in [6.45, 7) is 0. The third-order valence-corrected chi connectivity index (χ3v) is 5.62. The zero-order chi connectivity index (χ0) is 19.0. The molecule has 0 saturated carbocycles. The first-order chi connectivity index (χ1) is 13.6. The van der Waals surface area contributed by atoms with Crippen molar-refractivity contribution in [3.05, 3.63) is 81.9 Å². The highest BCUT2D eigenvalue weighted by atomic mass is 16.6. The molecule has 0 atom stereocenters. The molecule has 0 bridgehead atoms. The molecule has 0 radical (unpaired) electrons. The number of phenolic OH excluding ortho intramolecular Hbond substituents is 2. The van der Waals surface area contributed by atoms with Gasteiger partial charge in [-0.15, -0.1) is 0 Å². The normalized spacial score (nSPS) is 15.9. The first-order valence-electron chi connectivity index (χ1n) is 8.79. The van der Waals surface area contributed by atoms with Gasteiger partial charge in [-0.1, -0.05) is 12.1 Å². The van der Waals surface area contributed by atoms with Crippen molar-refractivity contribution in [3.63, 3.8) is 0 Å². The predicted molar refractivity (Wildman–Crippen MR) is 98.2 cm³/mol. The van der Waals surface area contributed by atoms with E-state index in [1.165, 1.54) is 0 Å². The Balaban J connectivity index is 1.76. The summed E-state index contributed by atoms with van der Waals surface area (Å²) >= 11 is 0. The topological polar surface area (TPSA) is 108 Å². The largest absolute Gasteiger partial charge is 0.508 e. The number of aromatic amines is 1. The molecule has 1 aromatic heterocycles. The van der Waals surface area contributed by atoms with Gasteiger partial charge in [-0.25, -0.2) is 4.79 Å². The van der Waals surface area contributed by atoms with Gasteiger partial charge in [-0.2, -0.15) is 15.4 Å². The van der Waals surface area contributed by atoms with Crippen LogP contribution in [0.5, 0.6) is 11.5 Å². The third kappa shape index (κ3) is 1.75. The predicted octanol–water partition coefficient (Wildman–Crippen LogP) is 2.74. The van der Waals surface area contributed by atoms with Gasteiger partial charge in [0.05, 0.1) is 5.56 Å². The minimum atomic E-state index is -1.16. The number of nitrogens with zero attached hydrogens (tertiary/aromatic N) is 2. The van der Waals surface area contributed by atoms with Gasteiger partial charge in [0.2, 0.25) is 0 Å². The molecule has 28 heavy (non-hydrogen) atoms. The maximum absolute atomic E-state index is 12.9. The van der Waals surface area contributed by atoms with Crippen LogP contribution in [-0.4, -0.2) is 31.6 Å². The van der Waals surface area contributed by atoms with Crippen LogP contribution in [0.4, 0.5) is 0 Å². The summed E-state index contributed by atoms with van der Waals surface area (Å²) in [7, 11) is 0. The molecule has 4 aromatic rings. The number of benzene rings is 3. The monoisotopic (exact) mass is 371 g/mol. The number of ether oxygens (including phenoxy) is 1. The maximum Gasteiger partial charge on any atom is 0.340 e. The molecule has 3 N–H and O–H groups in total. The number of aromatic nitrogens is 3. The molecular formula is C21H13N3O4. The quantitative estimate of drug-likeness (QED) is 0.410. The number of fused-ring (bicyclic) bond motifs is 7. The second-order valence-corrected chi connectivity index (χ2v) is 7.14. The Hall–Kier alpha value is -3.87. The molecule has 1 spiro atoms. The van der Waals surface area contributed by atoms with E-state index in [2.05, 4.69) is 15.4 Å². The summed E-state index contributed by atoms with van der Waals surface area (Å²) in [4.78, 5) is 12.9. The summed E-state index contributed by atoms with van der Waals surface area (Å²) in [6.07, 6.45) is 0.508. The molecule has 136 valence electrons. The highest BCUT2D eigenvalue weighted by Crippen LogP contribution is 2.53. The van der Waals surface area contributed by atoms with Crippen molar-refractivity contribution < 1.29 is 19.7 Å². The van der Waals surface area contributed by atoms with Crippen LogP contribution in [0.1, 0.15) is 38.2 Å². The summed E-state index contributed by atoms with van der Waals surface area (Å²) in [5.41, 5.74) is 4.40. The van der Waals surface area contributed by atoms with Gasteiger partial charge < -0.3 is 14.9 Å². The molecule has 0 fully saturated rings. The number of esters is 1.